The van der Waals surface area contributed by atoms with Gasteiger partial charge in [-0.25, -0.2) is 4.98 Å². The highest BCUT2D eigenvalue weighted by Crippen LogP contribution is 2.29. The van der Waals surface area contributed by atoms with Crippen molar-refractivity contribution in [3.63, 3.8) is 0 Å². The first kappa shape index (κ1) is 19.3. The zero-order chi connectivity index (χ0) is 20.4. The van der Waals surface area contributed by atoms with Crippen LogP contribution in [0, 0.1) is 13.8 Å². The maximum absolute atomic E-state index is 6.27. The summed E-state index contributed by atoms with van der Waals surface area (Å²) in [7, 11) is 0. The Kier molecular flexibility index (Phi) is 5.39. The molecule has 3 aromatic carbocycles. The van der Waals surface area contributed by atoms with Crippen LogP contribution in [-0.4, -0.2) is 16.2 Å². The van der Waals surface area contributed by atoms with Gasteiger partial charge in [-0.15, -0.1) is 0 Å². The maximum Gasteiger partial charge on any atom is 0.141 e. The molecule has 0 aliphatic rings. The van der Waals surface area contributed by atoms with Gasteiger partial charge in [-0.2, -0.15) is 0 Å². The molecule has 0 saturated carbocycles. The molecule has 0 spiro atoms. The second-order valence-corrected chi connectivity index (χ2v) is 7.99. The number of aromatic nitrogens is 2. The standard InChI is InChI=1S/C26H28N2O/c1-18(2)22-13-12-20(4)17-25(22)29-15-14-28-24-11-6-5-10-23(24)27-26(28)21-9-7-8-19(3)16-21/h5-13,16-18H,14-15H2,1-4H3. The molecule has 0 aliphatic heterocycles. The van der Waals surface area contributed by atoms with E-state index in [1.807, 2.05) is 6.07 Å². The molecule has 3 nitrogen and oxygen atoms in total. The van der Waals surface area contributed by atoms with E-state index in [9.17, 15) is 0 Å². The number of imidazole rings is 1. The molecule has 3 heteroatoms. The van der Waals surface area contributed by atoms with Crippen LogP contribution < -0.4 is 4.74 Å². The SMILES string of the molecule is Cc1cccc(-c2nc3ccccc3n2CCOc2cc(C)ccc2C(C)C)c1. The fraction of sp³-hybridized carbons (Fsp3) is 0.269. The number of benzene rings is 3. The Hall–Kier alpha value is -3.07. The first-order valence-electron chi connectivity index (χ1n) is 10.3. The smallest absolute Gasteiger partial charge is 0.141 e. The van der Waals surface area contributed by atoms with Gasteiger partial charge >= 0.3 is 0 Å². The van der Waals surface area contributed by atoms with Gasteiger partial charge in [0.25, 0.3) is 0 Å². The summed E-state index contributed by atoms with van der Waals surface area (Å²) in [4.78, 5) is 4.92. The molecule has 0 saturated heterocycles. The molecule has 1 heterocycles. The number of hydrogen-bond acceptors (Lipinski definition) is 2. The van der Waals surface area contributed by atoms with Crippen molar-refractivity contribution in [1.29, 1.82) is 0 Å². The highest BCUT2D eigenvalue weighted by Gasteiger charge is 2.13. The lowest BCUT2D eigenvalue weighted by Gasteiger charge is -2.16. The van der Waals surface area contributed by atoms with Crippen LogP contribution in [0.5, 0.6) is 5.75 Å². The lowest BCUT2D eigenvalue weighted by atomic mass is 10.0. The van der Waals surface area contributed by atoms with Crippen molar-refractivity contribution >= 4 is 11.0 Å². The summed E-state index contributed by atoms with van der Waals surface area (Å²) < 4.78 is 8.54. The Morgan fingerprint density at radius 3 is 2.48 bits per heavy atom. The Bertz CT molecular complexity index is 1140. The Morgan fingerprint density at radius 1 is 0.897 bits per heavy atom. The highest BCUT2D eigenvalue weighted by atomic mass is 16.5. The summed E-state index contributed by atoms with van der Waals surface area (Å²) in [5.41, 5.74) is 7.00. The minimum atomic E-state index is 0.433. The van der Waals surface area contributed by atoms with E-state index in [0.29, 0.717) is 12.5 Å². The predicted octanol–water partition coefficient (Wildman–Crippen LogP) is 6.52. The van der Waals surface area contributed by atoms with Crippen molar-refractivity contribution in [2.24, 2.45) is 0 Å². The van der Waals surface area contributed by atoms with Crippen LogP contribution in [0.1, 0.15) is 36.5 Å². The Morgan fingerprint density at radius 2 is 1.69 bits per heavy atom. The third-order valence-electron chi connectivity index (χ3n) is 5.29. The van der Waals surface area contributed by atoms with E-state index < -0.39 is 0 Å². The van der Waals surface area contributed by atoms with Crippen molar-refractivity contribution in [2.75, 3.05) is 6.61 Å². The molecule has 29 heavy (non-hydrogen) atoms. The van der Waals surface area contributed by atoms with Crippen molar-refractivity contribution in [3.05, 3.63) is 83.4 Å². The second kappa shape index (κ2) is 8.12. The van der Waals surface area contributed by atoms with Crippen LogP contribution in [-0.2, 0) is 6.54 Å². The van der Waals surface area contributed by atoms with Crippen LogP contribution in [0.2, 0.25) is 0 Å². The van der Waals surface area contributed by atoms with Crippen LogP contribution in [0.4, 0.5) is 0 Å². The molecular weight excluding hydrogens is 356 g/mol. The molecule has 4 rings (SSSR count). The van der Waals surface area contributed by atoms with Crippen LogP contribution in [0.25, 0.3) is 22.4 Å². The molecule has 0 amide bonds. The van der Waals surface area contributed by atoms with Crippen molar-refractivity contribution in [2.45, 2.75) is 40.2 Å². The topological polar surface area (TPSA) is 27.1 Å². The third kappa shape index (κ3) is 4.04. The molecule has 0 bridgehead atoms. The van der Waals surface area contributed by atoms with Crippen molar-refractivity contribution in [1.82, 2.24) is 9.55 Å². The molecule has 4 aromatic rings. The second-order valence-electron chi connectivity index (χ2n) is 7.99. The van der Waals surface area contributed by atoms with E-state index in [4.69, 9.17) is 9.72 Å². The maximum atomic E-state index is 6.27. The quantitative estimate of drug-likeness (QED) is 0.378. The largest absolute Gasteiger partial charge is 0.491 e. The average Bonchev–Trinajstić information content (AvgIpc) is 3.07. The van der Waals surface area contributed by atoms with Gasteiger partial charge in [0.05, 0.1) is 17.6 Å². The number of fused-ring (bicyclic) bond motifs is 1. The van der Waals surface area contributed by atoms with E-state index in [1.54, 1.807) is 0 Å². The molecule has 148 valence electrons. The van der Waals surface area contributed by atoms with Crippen molar-refractivity contribution in [3.8, 4) is 17.1 Å². The van der Waals surface area contributed by atoms with Gasteiger partial charge < -0.3 is 9.30 Å². The van der Waals surface area contributed by atoms with E-state index in [-0.39, 0.29) is 0 Å². The van der Waals surface area contributed by atoms with Crippen LogP contribution in [0.15, 0.2) is 66.7 Å². The predicted molar refractivity (Wildman–Crippen MR) is 121 cm³/mol. The van der Waals surface area contributed by atoms with E-state index >= 15 is 0 Å². The first-order chi connectivity index (χ1) is 14.0. The molecule has 1 aromatic heterocycles. The van der Waals surface area contributed by atoms with E-state index in [2.05, 4.69) is 92.9 Å². The van der Waals surface area contributed by atoms with Gasteiger partial charge in [-0.05, 0) is 55.2 Å². The zero-order valence-corrected chi connectivity index (χ0v) is 17.6. The van der Waals surface area contributed by atoms with Gasteiger partial charge in [0.15, 0.2) is 0 Å². The number of ether oxygens (including phenoxy) is 1. The van der Waals surface area contributed by atoms with Gasteiger partial charge in [-0.3, -0.25) is 0 Å². The molecular formula is C26H28N2O. The fourth-order valence-corrected chi connectivity index (χ4v) is 3.80. The third-order valence-corrected chi connectivity index (χ3v) is 5.29. The van der Waals surface area contributed by atoms with E-state index in [0.717, 1.165) is 34.7 Å². The van der Waals surface area contributed by atoms with Gasteiger partial charge in [-0.1, -0.05) is 61.9 Å². The average molecular weight is 385 g/mol. The zero-order valence-electron chi connectivity index (χ0n) is 17.6. The number of nitrogens with zero attached hydrogens (tertiary/aromatic N) is 2. The molecule has 0 atom stereocenters. The highest BCUT2D eigenvalue weighted by molar-refractivity contribution is 5.80. The molecule has 0 N–H and O–H groups in total. The summed E-state index contributed by atoms with van der Waals surface area (Å²) in [6.07, 6.45) is 0. The van der Waals surface area contributed by atoms with Gasteiger partial charge in [0.1, 0.15) is 18.2 Å². The van der Waals surface area contributed by atoms with Gasteiger partial charge in [0.2, 0.25) is 0 Å². The summed E-state index contributed by atoms with van der Waals surface area (Å²) in [6.45, 7) is 9.98. The summed E-state index contributed by atoms with van der Waals surface area (Å²) in [5, 5.41) is 0. The minimum Gasteiger partial charge on any atom is -0.491 e. The molecule has 0 unspecified atom stereocenters. The van der Waals surface area contributed by atoms with Crippen molar-refractivity contribution < 1.29 is 4.74 Å². The Labute approximate surface area is 173 Å². The first-order valence-corrected chi connectivity index (χ1v) is 10.3. The number of aryl methyl sites for hydroxylation is 2. The van der Waals surface area contributed by atoms with Crippen LogP contribution >= 0.6 is 0 Å². The molecule has 0 radical (unpaired) electrons. The minimum absolute atomic E-state index is 0.433. The van der Waals surface area contributed by atoms with E-state index in [1.165, 1.54) is 16.7 Å². The number of rotatable bonds is 6. The summed E-state index contributed by atoms with van der Waals surface area (Å²) >= 11 is 0. The normalized spacial score (nSPS) is 11.3. The fourth-order valence-electron chi connectivity index (χ4n) is 3.80. The summed E-state index contributed by atoms with van der Waals surface area (Å²) in [5.74, 6) is 2.41. The van der Waals surface area contributed by atoms with Crippen LogP contribution in [0.3, 0.4) is 0 Å². The lowest BCUT2D eigenvalue weighted by molar-refractivity contribution is 0.296. The molecule has 0 fully saturated rings. The summed E-state index contributed by atoms with van der Waals surface area (Å²) in [6, 6.07) is 23.3. The lowest BCUT2D eigenvalue weighted by Crippen LogP contribution is -2.11. The monoisotopic (exact) mass is 384 g/mol. The Balaban J connectivity index is 1.65. The molecule has 0 aliphatic carbocycles. The van der Waals surface area contributed by atoms with Gasteiger partial charge in [0, 0.05) is 5.56 Å². The number of hydrogen-bond donors (Lipinski definition) is 0. The number of para-hydroxylation sites is 2.